The van der Waals surface area contributed by atoms with Gasteiger partial charge < -0.3 is 9.68 Å². The Morgan fingerprint density at radius 1 is 1.36 bits per heavy atom. The van der Waals surface area contributed by atoms with Crippen molar-refractivity contribution in [1.29, 1.82) is 0 Å². The molecule has 0 aliphatic rings. The van der Waals surface area contributed by atoms with Crippen LogP contribution < -0.4 is 5.46 Å². The van der Waals surface area contributed by atoms with E-state index in [4.69, 9.17) is 4.65 Å². The lowest BCUT2D eigenvalue weighted by molar-refractivity contribution is -0.138. The van der Waals surface area contributed by atoms with Crippen LogP contribution in [0.1, 0.15) is 13.8 Å². The van der Waals surface area contributed by atoms with E-state index >= 15 is 0 Å². The third-order valence-electron chi connectivity index (χ3n) is 1.78. The van der Waals surface area contributed by atoms with Crippen molar-refractivity contribution >= 4 is 18.6 Å². The minimum absolute atomic E-state index is 0.228. The van der Waals surface area contributed by atoms with Crippen LogP contribution in [0.4, 0.5) is 0 Å². The van der Waals surface area contributed by atoms with E-state index in [-0.39, 0.29) is 5.92 Å². The zero-order valence-electron chi connectivity index (χ0n) is 8.31. The molecule has 0 unspecified atom stereocenters. The highest BCUT2D eigenvalue weighted by molar-refractivity contribution is 6.61. The fourth-order valence-electron chi connectivity index (χ4n) is 0.932. The van der Waals surface area contributed by atoms with Gasteiger partial charge in [-0.2, -0.15) is 0 Å². The standard InChI is InChI=1S/C10H13BO3/c1-8(2)10(12)14-11(13)9-6-4-3-5-7-9/h3-8,13H,1-2H3. The molecule has 1 aromatic carbocycles. The van der Waals surface area contributed by atoms with Gasteiger partial charge in [-0.25, -0.2) is 0 Å². The lowest BCUT2D eigenvalue weighted by Crippen LogP contribution is -2.36. The normalized spacial score (nSPS) is 10.0. The van der Waals surface area contributed by atoms with Gasteiger partial charge in [0.15, 0.2) is 0 Å². The average molecular weight is 192 g/mol. The molecule has 4 heteroatoms. The first-order valence-corrected chi connectivity index (χ1v) is 4.54. The number of hydrogen-bond acceptors (Lipinski definition) is 3. The number of benzene rings is 1. The Morgan fingerprint density at radius 2 is 1.93 bits per heavy atom. The number of carbonyl (C=O) groups excluding carboxylic acids is 1. The molecule has 1 aromatic rings. The molecule has 1 rings (SSSR count). The molecule has 0 aromatic heterocycles. The van der Waals surface area contributed by atoms with Crippen molar-refractivity contribution in [3.05, 3.63) is 30.3 Å². The van der Waals surface area contributed by atoms with E-state index in [9.17, 15) is 9.82 Å². The average Bonchev–Trinajstić information content (AvgIpc) is 2.19. The molecule has 1 N–H and O–H groups in total. The van der Waals surface area contributed by atoms with Crippen LogP contribution in [0.25, 0.3) is 0 Å². The SMILES string of the molecule is CC(C)C(=O)OB(O)c1ccccc1. The predicted molar refractivity (Wildman–Crippen MR) is 55.0 cm³/mol. The van der Waals surface area contributed by atoms with E-state index in [0.29, 0.717) is 5.46 Å². The Hall–Kier alpha value is -1.29. The van der Waals surface area contributed by atoms with Crippen LogP contribution in [0, 0.1) is 5.92 Å². The van der Waals surface area contributed by atoms with Crippen molar-refractivity contribution in [2.45, 2.75) is 13.8 Å². The molecule has 14 heavy (non-hydrogen) atoms. The van der Waals surface area contributed by atoms with Gasteiger partial charge in [0.05, 0.1) is 0 Å². The Bertz CT molecular complexity index is 297. The van der Waals surface area contributed by atoms with Crippen LogP contribution in [-0.2, 0) is 9.45 Å². The van der Waals surface area contributed by atoms with Gasteiger partial charge in [-0.05, 0) is 5.46 Å². The number of carbonyl (C=O) groups is 1. The lowest BCUT2D eigenvalue weighted by Gasteiger charge is -2.10. The third kappa shape index (κ3) is 2.89. The van der Waals surface area contributed by atoms with Gasteiger partial charge in [-0.3, -0.25) is 4.79 Å². The second kappa shape index (κ2) is 4.81. The first kappa shape index (κ1) is 10.8. The van der Waals surface area contributed by atoms with Crippen LogP contribution in [0.2, 0.25) is 0 Å². The lowest BCUT2D eigenvalue weighted by atomic mass is 9.79. The molecule has 0 aliphatic carbocycles. The van der Waals surface area contributed by atoms with E-state index in [1.807, 2.05) is 6.07 Å². The fourth-order valence-corrected chi connectivity index (χ4v) is 0.932. The molecule has 0 fully saturated rings. The summed E-state index contributed by atoms with van der Waals surface area (Å²) in [5, 5.41) is 9.50. The molecular formula is C10H13BO3. The van der Waals surface area contributed by atoms with Gasteiger partial charge in [0, 0.05) is 5.92 Å². The van der Waals surface area contributed by atoms with Crippen molar-refractivity contribution in [3.8, 4) is 0 Å². The van der Waals surface area contributed by atoms with Crippen molar-refractivity contribution in [2.75, 3.05) is 0 Å². The number of hydrogen-bond donors (Lipinski definition) is 1. The smallest absolute Gasteiger partial charge is 0.506 e. The Balaban J connectivity index is 2.59. The molecule has 0 saturated heterocycles. The summed E-state index contributed by atoms with van der Waals surface area (Å²) in [4.78, 5) is 11.1. The van der Waals surface area contributed by atoms with Gasteiger partial charge in [0.2, 0.25) is 0 Å². The maximum atomic E-state index is 11.1. The van der Waals surface area contributed by atoms with Gasteiger partial charge in [-0.1, -0.05) is 44.2 Å². The summed E-state index contributed by atoms with van der Waals surface area (Å²) in [7, 11) is -1.16. The zero-order valence-corrected chi connectivity index (χ0v) is 8.31. The summed E-state index contributed by atoms with van der Waals surface area (Å²) in [5.41, 5.74) is 0.585. The second-order valence-corrected chi connectivity index (χ2v) is 3.35. The number of rotatable bonds is 3. The van der Waals surface area contributed by atoms with E-state index in [2.05, 4.69) is 0 Å². The largest absolute Gasteiger partial charge is 0.561 e. The topological polar surface area (TPSA) is 46.5 Å². The molecular weight excluding hydrogens is 179 g/mol. The van der Waals surface area contributed by atoms with Crippen molar-refractivity contribution in [2.24, 2.45) is 5.92 Å². The van der Waals surface area contributed by atoms with E-state index in [1.54, 1.807) is 38.1 Å². The molecule has 0 saturated carbocycles. The first-order chi connectivity index (χ1) is 6.61. The van der Waals surface area contributed by atoms with Crippen LogP contribution in [-0.4, -0.2) is 18.1 Å². The monoisotopic (exact) mass is 192 g/mol. The molecule has 0 radical (unpaired) electrons. The second-order valence-electron chi connectivity index (χ2n) is 3.35. The van der Waals surface area contributed by atoms with Gasteiger partial charge >= 0.3 is 7.12 Å². The molecule has 0 spiro atoms. The van der Waals surface area contributed by atoms with Crippen LogP contribution in [0.15, 0.2) is 30.3 Å². The highest BCUT2D eigenvalue weighted by Gasteiger charge is 2.22. The zero-order chi connectivity index (χ0) is 10.6. The van der Waals surface area contributed by atoms with Crippen molar-refractivity contribution < 1.29 is 14.5 Å². The first-order valence-electron chi connectivity index (χ1n) is 4.54. The van der Waals surface area contributed by atoms with Crippen LogP contribution in [0.5, 0.6) is 0 Å². The summed E-state index contributed by atoms with van der Waals surface area (Å²) >= 11 is 0. The van der Waals surface area contributed by atoms with Gasteiger partial charge in [0.25, 0.3) is 5.97 Å². The summed E-state index contributed by atoms with van der Waals surface area (Å²) in [6, 6.07) is 8.81. The highest BCUT2D eigenvalue weighted by Crippen LogP contribution is 1.97. The summed E-state index contributed by atoms with van der Waals surface area (Å²) < 4.78 is 4.81. The van der Waals surface area contributed by atoms with Gasteiger partial charge in [-0.15, -0.1) is 0 Å². The summed E-state index contributed by atoms with van der Waals surface area (Å²) in [6.07, 6.45) is 0. The predicted octanol–water partition coefficient (Wildman–Crippen LogP) is 0.573. The minimum atomic E-state index is -1.16. The van der Waals surface area contributed by atoms with E-state index < -0.39 is 13.1 Å². The molecule has 0 atom stereocenters. The van der Waals surface area contributed by atoms with Crippen molar-refractivity contribution in [1.82, 2.24) is 0 Å². The summed E-state index contributed by atoms with van der Waals surface area (Å²) in [6.45, 7) is 3.44. The maximum absolute atomic E-state index is 11.1. The van der Waals surface area contributed by atoms with Crippen LogP contribution in [0.3, 0.4) is 0 Å². The molecule has 0 heterocycles. The quantitative estimate of drug-likeness (QED) is 0.712. The van der Waals surface area contributed by atoms with Crippen molar-refractivity contribution in [3.63, 3.8) is 0 Å². The summed E-state index contributed by atoms with van der Waals surface area (Å²) in [5.74, 6) is -0.630. The molecule has 3 nitrogen and oxygen atoms in total. The molecule has 0 bridgehead atoms. The highest BCUT2D eigenvalue weighted by atomic mass is 16.6. The molecule has 74 valence electrons. The molecule has 0 amide bonds. The molecule has 0 aliphatic heterocycles. The Kier molecular flexibility index (Phi) is 3.71. The Labute approximate surface area is 83.9 Å². The van der Waals surface area contributed by atoms with Crippen LogP contribution >= 0.6 is 0 Å². The van der Waals surface area contributed by atoms with Gasteiger partial charge in [0.1, 0.15) is 0 Å². The fraction of sp³-hybridized carbons (Fsp3) is 0.300. The van der Waals surface area contributed by atoms with E-state index in [1.165, 1.54) is 0 Å². The maximum Gasteiger partial charge on any atom is 0.561 e. The minimum Gasteiger partial charge on any atom is -0.506 e. The third-order valence-corrected chi connectivity index (χ3v) is 1.78. The Morgan fingerprint density at radius 3 is 2.43 bits per heavy atom. The van der Waals surface area contributed by atoms with E-state index in [0.717, 1.165) is 0 Å².